The lowest BCUT2D eigenvalue weighted by atomic mass is 10.1. The molecule has 3 rings (SSSR count). The van der Waals surface area contributed by atoms with Gasteiger partial charge in [-0.05, 0) is 35.6 Å². The third kappa shape index (κ3) is 3.67. The van der Waals surface area contributed by atoms with Crippen molar-refractivity contribution in [3.8, 4) is 0 Å². The van der Waals surface area contributed by atoms with E-state index in [2.05, 4.69) is 70.2 Å². The average Bonchev–Trinajstić information content (AvgIpc) is 3.07. The molecule has 114 valence electrons. The summed E-state index contributed by atoms with van der Waals surface area (Å²) in [5.41, 5.74) is 1.35. The Kier molecular flexibility index (Phi) is 4.74. The Morgan fingerprint density at radius 2 is 1.86 bits per heavy atom. The first-order chi connectivity index (χ1) is 10.8. The Bertz CT molecular complexity index is 680. The van der Waals surface area contributed by atoms with Gasteiger partial charge in [0.25, 0.3) is 0 Å². The quantitative estimate of drug-likeness (QED) is 0.516. The Hall–Kier alpha value is -2.29. The van der Waals surface area contributed by atoms with Crippen molar-refractivity contribution >= 4 is 16.7 Å². The molecule has 2 N–H and O–H groups in total. The summed E-state index contributed by atoms with van der Waals surface area (Å²) in [7, 11) is 1.83. The van der Waals surface area contributed by atoms with Crippen LogP contribution < -0.4 is 10.6 Å². The lowest BCUT2D eigenvalue weighted by Crippen LogP contribution is -2.43. The summed E-state index contributed by atoms with van der Waals surface area (Å²) < 4.78 is 0. The minimum atomic E-state index is 0.492. The van der Waals surface area contributed by atoms with Crippen LogP contribution in [-0.2, 0) is 6.42 Å². The van der Waals surface area contributed by atoms with Crippen molar-refractivity contribution in [3.63, 3.8) is 0 Å². The molecule has 2 aromatic carbocycles. The highest BCUT2D eigenvalue weighted by molar-refractivity contribution is 5.83. The van der Waals surface area contributed by atoms with E-state index in [1.54, 1.807) is 0 Å². The van der Waals surface area contributed by atoms with Gasteiger partial charge in [-0.1, -0.05) is 54.6 Å². The third-order valence-corrected chi connectivity index (χ3v) is 4.09. The van der Waals surface area contributed by atoms with E-state index in [-0.39, 0.29) is 0 Å². The molecule has 0 bridgehead atoms. The molecule has 0 fully saturated rings. The van der Waals surface area contributed by atoms with Crippen LogP contribution in [0.3, 0.4) is 0 Å². The molecule has 0 saturated heterocycles. The molecule has 0 radical (unpaired) electrons. The van der Waals surface area contributed by atoms with Gasteiger partial charge in [0, 0.05) is 19.6 Å². The number of hydrogen-bond acceptors (Lipinski definition) is 1. The Morgan fingerprint density at radius 3 is 2.64 bits per heavy atom. The van der Waals surface area contributed by atoms with Gasteiger partial charge in [-0.2, -0.15) is 0 Å². The van der Waals surface area contributed by atoms with Crippen LogP contribution >= 0.6 is 0 Å². The molecule has 0 aromatic heterocycles. The maximum absolute atomic E-state index is 4.30. The van der Waals surface area contributed by atoms with Gasteiger partial charge < -0.3 is 10.6 Å². The molecule has 3 nitrogen and oxygen atoms in total. The zero-order chi connectivity index (χ0) is 15.2. The standard InChI is InChI=1S/C19H23N3/c1-20-19(22-18-8-4-5-9-18)21-13-12-15-10-11-16-6-2-3-7-17(16)14-15/h2-7,10-11,14,18H,8-9,12-13H2,1H3,(H2,20,21,22). The highest BCUT2D eigenvalue weighted by Crippen LogP contribution is 2.15. The summed E-state index contributed by atoms with van der Waals surface area (Å²) >= 11 is 0. The van der Waals surface area contributed by atoms with E-state index >= 15 is 0 Å². The van der Waals surface area contributed by atoms with Crippen LogP contribution in [0.15, 0.2) is 59.6 Å². The second kappa shape index (κ2) is 7.12. The number of guanidine groups is 1. The molecule has 1 aliphatic carbocycles. The maximum Gasteiger partial charge on any atom is 0.191 e. The molecule has 22 heavy (non-hydrogen) atoms. The molecule has 2 aromatic rings. The molecule has 0 aliphatic heterocycles. The van der Waals surface area contributed by atoms with Gasteiger partial charge in [0.2, 0.25) is 0 Å². The number of aliphatic imine (C=N–C) groups is 1. The number of benzene rings is 2. The van der Waals surface area contributed by atoms with Crippen molar-refractivity contribution in [3.05, 3.63) is 60.2 Å². The molecule has 0 saturated carbocycles. The lowest BCUT2D eigenvalue weighted by Gasteiger charge is -2.17. The summed E-state index contributed by atoms with van der Waals surface area (Å²) in [6, 6.07) is 15.7. The van der Waals surface area contributed by atoms with Crippen LogP contribution in [-0.4, -0.2) is 25.6 Å². The fourth-order valence-electron chi connectivity index (χ4n) is 2.84. The highest BCUT2D eigenvalue weighted by atomic mass is 15.2. The highest BCUT2D eigenvalue weighted by Gasteiger charge is 2.11. The van der Waals surface area contributed by atoms with Gasteiger partial charge in [0.05, 0.1) is 0 Å². The third-order valence-electron chi connectivity index (χ3n) is 4.09. The van der Waals surface area contributed by atoms with E-state index in [0.29, 0.717) is 6.04 Å². The summed E-state index contributed by atoms with van der Waals surface area (Å²) in [5.74, 6) is 0.898. The van der Waals surface area contributed by atoms with Crippen LogP contribution in [0.1, 0.15) is 18.4 Å². The topological polar surface area (TPSA) is 36.4 Å². The molecule has 0 heterocycles. The van der Waals surface area contributed by atoms with Crippen molar-refractivity contribution in [2.24, 2.45) is 4.99 Å². The maximum atomic E-state index is 4.30. The van der Waals surface area contributed by atoms with Crippen molar-refractivity contribution in [2.45, 2.75) is 25.3 Å². The smallest absolute Gasteiger partial charge is 0.191 e. The van der Waals surface area contributed by atoms with Crippen molar-refractivity contribution < 1.29 is 0 Å². The predicted octanol–water partition coefficient (Wildman–Crippen LogP) is 3.27. The van der Waals surface area contributed by atoms with Gasteiger partial charge in [-0.15, -0.1) is 0 Å². The minimum Gasteiger partial charge on any atom is -0.356 e. The first-order valence-electron chi connectivity index (χ1n) is 7.95. The van der Waals surface area contributed by atoms with Gasteiger partial charge in [0.15, 0.2) is 5.96 Å². The zero-order valence-corrected chi connectivity index (χ0v) is 13.0. The van der Waals surface area contributed by atoms with E-state index < -0.39 is 0 Å². The second-order valence-electron chi connectivity index (χ2n) is 5.71. The Labute approximate surface area is 132 Å². The Balaban J connectivity index is 1.52. The first-order valence-corrected chi connectivity index (χ1v) is 7.95. The molecule has 3 heteroatoms. The Morgan fingerprint density at radius 1 is 1.09 bits per heavy atom. The predicted molar refractivity (Wildman–Crippen MR) is 94.3 cm³/mol. The van der Waals surface area contributed by atoms with Gasteiger partial charge >= 0.3 is 0 Å². The van der Waals surface area contributed by atoms with Crippen LogP contribution in [0.25, 0.3) is 10.8 Å². The molecular weight excluding hydrogens is 270 g/mol. The molecular formula is C19H23N3. The van der Waals surface area contributed by atoms with Gasteiger partial charge in [-0.25, -0.2) is 0 Å². The fraction of sp³-hybridized carbons (Fsp3) is 0.316. The molecule has 0 atom stereocenters. The molecule has 1 aliphatic rings. The molecule has 0 amide bonds. The number of fused-ring (bicyclic) bond motifs is 1. The normalized spacial score (nSPS) is 15.4. The van der Waals surface area contributed by atoms with E-state index in [1.807, 2.05) is 7.05 Å². The van der Waals surface area contributed by atoms with Gasteiger partial charge in [0.1, 0.15) is 0 Å². The first kappa shape index (κ1) is 14.6. The second-order valence-corrected chi connectivity index (χ2v) is 5.71. The van der Waals surface area contributed by atoms with Crippen LogP contribution in [0.5, 0.6) is 0 Å². The summed E-state index contributed by atoms with van der Waals surface area (Å²) in [5, 5.41) is 9.46. The zero-order valence-electron chi connectivity index (χ0n) is 13.0. The SMILES string of the molecule is CN=C(NCCc1ccc2ccccc2c1)NC1CC=CC1. The lowest BCUT2D eigenvalue weighted by molar-refractivity contribution is 0.633. The monoisotopic (exact) mass is 293 g/mol. The van der Waals surface area contributed by atoms with Crippen molar-refractivity contribution in [2.75, 3.05) is 13.6 Å². The summed E-state index contributed by atoms with van der Waals surface area (Å²) in [6.45, 7) is 0.887. The number of nitrogens with one attached hydrogen (secondary N) is 2. The fourth-order valence-corrected chi connectivity index (χ4v) is 2.84. The van der Waals surface area contributed by atoms with E-state index in [0.717, 1.165) is 31.8 Å². The van der Waals surface area contributed by atoms with E-state index in [4.69, 9.17) is 0 Å². The van der Waals surface area contributed by atoms with Crippen LogP contribution in [0, 0.1) is 0 Å². The largest absolute Gasteiger partial charge is 0.356 e. The van der Waals surface area contributed by atoms with Crippen molar-refractivity contribution in [1.29, 1.82) is 0 Å². The number of rotatable bonds is 4. The summed E-state index contributed by atoms with van der Waals surface area (Å²) in [4.78, 5) is 4.30. The number of nitrogens with zero attached hydrogens (tertiary/aromatic N) is 1. The number of hydrogen-bond donors (Lipinski definition) is 2. The molecule has 0 unspecified atom stereocenters. The van der Waals surface area contributed by atoms with Crippen LogP contribution in [0.2, 0.25) is 0 Å². The van der Waals surface area contributed by atoms with Crippen LogP contribution in [0.4, 0.5) is 0 Å². The summed E-state index contributed by atoms with van der Waals surface area (Å²) in [6.07, 6.45) is 7.62. The van der Waals surface area contributed by atoms with E-state index in [1.165, 1.54) is 16.3 Å². The van der Waals surface area contributed by atoms with E-state index in [9.17, 15) is 0 Å². The minimum absolute atomic E-state index is 0.492. The van der Waals surface area contributed by atoms with Crippen molar-refractivity contribution in [1.82, 2.24) is 10.6 Å². The van der Waals surface area contributed by atoms with Gasteiger partial charge in [-0.3, -0.25) is 4.99 Å². The molecule has 0 spiro atoms. The average molecular weight is 293 g/mol.